The summed E-state index contributed by atoms with van der Waals surface area (Å²) in [5.74, 6) is -0.261. The molecule has 1 N–H and O–H groups in total. The van der Waals surface area contributed by atoms with Crippen LogP contribution in [0.5, 0.6) is 0 Å². The maximum absolute atomic E-state index is 11.3. The molecule has 0 saturated carbocycles. The second-order valence-electron chi connectivity index (χ2n) is 3.62. The Hall–Kier alpha value is -2.02. The number of unbranched alkanes of at least 4 members (excludes halogenated alkanes) is 1. The van der Waals surface area contributed by atoms with E-state index in [2.05, 4.69) is 5.32 Å². The third kappa shape index (κ3) is 5.03. The van der Waals surface area contributed by atoms with Crippen LogP contribution in [0.25, 0.3) is 0 Å². The highest BCUT2D eigenvalue weighted by Crippen LogP contribution is 2.08. The highest BCUT2D eigenvalue weighted by molar-refractivity contribution is 5.75. The smallest absolute Gasteiger partial charge is 0.325 e. The van der Waals surface area contributed by atoms with Crippen molar-refractivity contribution in [1.29, 1.82) is 5.26 Å². The van der Waals surface area contributed by atoms with E-state index in [-0.39, 0.29) is 12.5 Å². The maximum Gasteiger partial charge on any atom is 0.325 e. The van der Waals surface area contributed by atoms with Crippen LogP contribution in [0.2, 0.25) is 0 Å². The lowest BCUT2D eigenvalue weighted by atomic mass is 10.2. The minimum atomic E-state index is -0.261. The number of anilines is 1. The van der Waals surface area contributed by atoms with E-state index in [1.165, 1.54) is 0 Å². The average molecular weight is 232 g/mol. The first-order valence-corrected chi connectivity index (χ1v) is 5.66. The highest BCUT2D eigenvalue weighted by Gasteiger charge is 2.01. The van der Waals surface area contributed by atoms with Crippen molar-refractivity contribution in [3.63, 3.8) is 0 Å². The van der Waals surface area contributed by atoms with Crippen molar-refractivity contribution in [2.45, 2.75) is 19.8 Å². The third-order valence-corrected chi connectivity index (χ3v) is 2.21. The number of nitrogens with one attached hydrogen (secondary N) is 1. The van der Waals surface area contributed by atoms with Crippen LogP contribution in [0.1, 0.15) is 25.3 Å². The van der Waals surface area contributed by atoms with Gasteiger partial charge in [0.2, 0.25) is 0 Å². The Balaban J connectivity index is 2.30. The number of esters is 1. The van der Waals surface area contributed by atoms with E-state index >= 15 is 0 Å². The van der Waals surface area contributed by atoms with Crippen LogP contribution in [-0.4, -0.2) is 19.1 Å². The molecule has 0 bridgehead atoms. The fraction of sp³-hybridized carbons (Fsp3) is 0.385. The number of benzene rings is 1. The summed E-state index contributed by atoms with van der Waals surface area (Å²) < 4.78 is 5.00. The first-order valence-electron chi connectivity index (χ1n) is 5.66. The first-order chi connectivity index (χ1) is 8.26. The zero-order chi connectivity index (χ0) is 12.5. The van der Waals surface area contributed by atoms with Crippen molar-refractivity contribution >= 4 is 11.7 Å². The first kappa shape index (κ1) is 13.0. The fourth-order valence-corrected chi connectivity index (χ4v) is 1.22. The van der Waals surface area contributed by atoms with Gasteiger partial charge in [-0.1, -0.05) is 13.3 Å². The Bertz CT molecular complexity index is 393. The van der Waals surface area contributed by atoms with Crippen LogP contribution in [0.15, 0.2) is 24.3 Å². The number of carbonyl (C=O) groups excluding carboxylic acids is 1. The van der Waals surface area contributed by atoms with E-state index in [0.29, 0.717) is 12.2 Å². The molecule has 0 aromatic heterocycles. The van der Waals surface area contributed by atoms with Gasteiger partial charge in [0.15, 0.2) is 0 Å². The van der Waals surface area contributed by atoms with Crippen molar-refractivity contribution in [3.8, 4) is 6.07 Å². The normalized spacial score (nSPS) is 9.41. The zero-order valence-corrected chi connectivity index (χ0v) is 9.90. The Labute approximate surface area is 101 Å². The second kappa shape index (κ2) is 7.29. The summed E-state index contributed by atoms with van der Waals surface area (Å²) in [6.45, 7) is 2.67. The maximum atomic E-state index is 11.3. The molecule has 0 fully saturated rings. The Morgan fingerprint density at radius 3 is 2.71 bits per heavy atom. The Morgan fingerprint density at radius 1 is 1.41 bits per heavy atom. The molecule has 1 aromatic rings. The highest BCUT2D eigenvalue weighted by atomic mass is 16.5. The minimum absolute atomic E-state index is 0.148. The summed E-state index contributed by atoms with van der Waals surface area (Å²) >= 11 is 0. The zero-order valence-electron chi connectivity index (χ0n) is 9.90. The van der Waals surface area contributed by atoms with Gasteiger partial charge in [-0.15, -0.1) is 0 Å². The molecule has 1 rings (SSSR count). The molecule has 0 aliphatic rings. The molecule has 0 spiro atoms. The number of nitrogens with zero attached hydrogens (tertiary/aromatic N) is 1. The predicted octanol–water partition coefficient (Wildman–Crippen LogP) is 2.31. The van der Waals surface area contributed by atoms with E-state index in [0.717, 1.165) is 18.5 Å². The molecule has 0 aliphatic heterocycles. The number of hydrogen-bond acceptors (Lipinski definition) is 4. The summed E-state index contributed by atoms with van der Waals surface area (Å²) in [7, 11) is 0. The summed E-state index contributed by atoms with van der Waals surface area (Å²) in [6.07, 6.45) is 1.90. The van der Waals surface area contributed by atoms with E-state index < -0.39 is 0 Å². The molecule has 0 amide bonds. The van der Waals surface area contributed by atoms with Gasteiger partial charge in [-0.2, -0.15) is 5.26 Å². The van der Waals surface area contributed by atoms with Crippen molar-refractivity contribution in [3.05, 3.63) is 29.8 Å². The molecule has 0 radical (unpaired) electrons. The van der Waals surface area contributed by atoms with Crippen molar-refractivity contribution < 1.29 is 9.53 Å². The molecule has 0 heterocycles. The second-order valence-corrected chi connectivity index (χ2v) is 3.62. The van der Waals surface area contributed by atoms with Gasteiger partial charge in [-0.3, -0.25) is 4.79 Å². The number of carbonyl (C=O) groups is 1. The fourth-order valence-electron chi connectivity index (χ4n) is 1.22. The topological polar surface area (TPSA) is 62.1 Å². The molecule has 0 atom stereocenters. The van der Waals surface area contributed by atoms with Gasteiger partial charge in [0, 0.05) is 5.69 Å². The summed E-state index contributed by atoms with van der Waals surface area (Å²) in [5.41, 5.74) is 1.40. The van der Waals surface area contributed by atoms with Crippen LogP contribution in [-0.2, 0) is 9.53 Å². The average Bonchev–Trinajstić information content (AvgIpc) is 2.37. The van der Waals surface area contributed by atoms with Gasteiger partial charge in [0.1, 0.15) is 6.54 Å². The molecule has 0 unspecified atom stereocenters. The summed E-state index contributed by atoms with van der Waals surface area (Å²) in [5, 5.41) is 11.6. The standard InChI is InChI=1S/C13H16N2O2/c1-2-3-8-17-13(16)10-15-12-6-4-11(9-14)5-7-12/h4-7,15H,2-3,8,10H2,1H3. The van der Waals surface area contributed by atoms with E-state index in [1.807, 2.05) is 13.0 Å². The van der Waals surface area contributed by atoms with Crippen molar-refractivity contribution in [1.82, 2.24) is 0 Å². The molecular weight excluding hydrogens is 216 g/mol. The third-order valence-electron chi connectivity index (χ3n) is 2.21. The van der Waals surface area contributed by atoms with Crippen LogP contribution >= 0.6 is 0 Å². The molecule has 17 heavy (non-hydrogen) atoms. The SMILES string of the molecule is CCCCOC(=O)CNc1ccc(C#N)cc1. The lowest BCUT2D eigenvalue weighted by molar-refractivity contribution is -0.141. The minimum Gasteiger partial charge on any atom is -0.464 e. The van der Waals surface area contributed by atoms with Gasteiger partial charge in [-0.25, -0.2) is 0 Å². The molecule has 0 aliphatic carbocycles. The van der Waals surface area contributed by atoms with Crippen LogP contribution in [0.3, 0.4) is 0 Å². The molecule has 1 aromatic carbocycles. The predicted molar refractivity (Wildman–Crippen MR) is 65.5 cm³/mol. The number of rotatable bonds is 6. The Morgan fingerprint density at radius 2 is 2.12 bits per heavy atom. The summed E-state index contributed by atoms with van der Waals surface area (Å²) in [4.78, 5) is 11.3. The number of hydrogen-bond donors (Lipinski definition) is 1. The molecule has 4 heteroatoms. The number of nitriles is 1. The Kier molecular flexibility index (Phi) is 5.59. The van der Waals surface area contributed by atoms with E-state index in [1.54, 1.807) is 24.3 Å². The van der Waals surface area contributed by atoms with Crippen molar-refractivity contribution in [2.75, 3.05) is 18.5 Å². The van der Waals surface area contributed by atoms with Crippen LogP contribution < -0.4 is 5.32 Å². The van der Waals surface area contributed by atoms with Gasteiger partial charge in [0.25, 0.3) is 0 Å². The molecular formula is C13H16N2O2. The quantitative estimate of drug-likeness (QED) is 0.604. The molecule has 0 saturated heterocycles. The van der Waals surface area contributed by atoms with Gasteiger partial charge in [-0.05, 0) is 30.7 Å². The molecule has 90 valence electrons. The summed E-state index contributed by atoms with van der Waals surface area (Å²) in [6, 6.07) is 8.96. The van der Waals surface area contributed by atoms with Gasteiger partial charge >= 0.3 is 5.97 Å². The van der Waals surface area contributed by atoms with E-state index in [9.17, 15) is 4.79 Å². The van der Waals surface area contributed by atoms with Crippen LogP contribution in [0.4, 0.5) is 5.69 Å². The van der Waals surface area contributed by atoms with Crippen molar-refractivity contribution in [2.24, 2.45) is 0 Å². The monoisotopic (exact) mass is 232 g/mol. The lowest BCUT2D eigenvalue weighted by Gasteiger charge is -2.06. The van der Waals surface area contributed by atoms with E-state index in [4.69, 9.17) is 10.00 Å². The number of ether oxygens (including phenoxy) is 1. The largest absolute Gasteiger partial charge is 0.464 e. The van der Waals surface area contributed by atoms with Crippen LogP contribution in [0, 0.1) is 11.3 Å². The lowest BCUT2D eigenvalue weighted by Crippen LogP contribution is -2.17. The van der Waals surface area contributed by atoms with Gasteiger partial charge in [0.05, 0.1) is 18.2 Å². The molecule has 4 nitrogen and oxygen atoms in total. The van der Waals surface area contributed by atoms with Gasteiger partial charge < -0.3 is 10.1 Å².